The number of halogens is 1. The van der Waals surface area contributed by atoms with Gasteiger partial charge in [-0.05, 0) is 37.6 Å². The van der Waals surface area contributed by atoms with E-state index in [1.165, 1.54) is 6.07 Å². The lowest BCUT2D eigenvalue weighted by molar-refractivity contribution is -0.136. The molecule has 1 aliphatic rings. The number of rotatable bonds is 5. The molecule has 1 atom stereocenters. The molecule has 0 saturated carbocycles. The zero-order valence-electron chi connectivity index (χ0n) is 15.1. The van der Waals surface area contributed by atoms with Gasteiger partial charge in [-0.2, -0.15) is 0 Å². The summed E-state index contributed by atoms with van der Waals surface area (Å²) in [5, 5.41) is 2.71. The molecule has 0 radical (unpaired) electrons. The normalized spacial score (nSPS) is 19.5. The summed E-state index contributed by atoms with van der Waals surface area (Å²) in [6, 6.07) is 20.0. The van der Waals surface area contributed by atoms with Crippen molar-refractivity contribution in [3.05, 3.63) is 78.3 Å². The largest absolute Gasteiger partial charge is 0.460 e. The predicted molar refractivity (Wildman–Crippen MR) is 103 cm³/mol. The Balaban J connectivity index is 1.45. The van der Waals surface area contributed by atoms with Crippen LogP contribution in [0.4, 0.5) is 10.1 Å². The summed E-state index contributed by atoms with van der Waals surface area (Å²) in [6.07, 6.45) is 0.722. The predicted octanol–water partition coefficient (Wildman–Crippen LogP) is 4.69. The van der Waals surface area contributed by atoms with Crippen LogP contribution in [0.3, 0.4) is 0 Å². The number of hydrogen-bond acceptors (Lipinski definition) is 3. The van der Waals surface area contributed by atoms with Gasteiger partial charge in [-0.3, -0.25) is 9.69 Å². The number of carbonyl (C=O) groups is 1. The summed E-state index contributed by atoms with van der Waals surface area (Å²) < 4.78 is 19.8. The van der Waals surface area contributed by atoms with Crippen LogP contribution in [0.25, 0.3) is 11.3 Å². The maximum Gasteiger partial charge on any atom is 0.244 e. The van der Waals surface area contributed by atoms with Gasteiger partial charge in [-0.1, -0.05) is 42.5 Å². The molecule has 2 aromatic carbocycles. The van der Waals surface area contributed by atoms with E-state index in [-0.39, 0.29) is 11.6 Å². The molecular formula is C22H21FN2O2. The molecule has 0 spiro atoms. The van der Waals surface area contributed by atoms with E-state index in [0.717, 1.165) is 30.0 Å². The molecule has 1 N–H and O–H groups in total. The second kappa shape index (κ2) is 7.00. The maximum atomic E-state index is 13.8. The Morgan fingerprint density at radius 2 is 1.85 bits per heavy atom. The van der Waals surface area contributed by atoms with Crippen LogP contribution < -0.4 is 5.32 Å². The monoisotopic (exact) mass is 364 g/mol. The van der Waals surface area contributed by atoms with Gasteiger partial charge in [0.1, 0.15) is 17.3 Å². The van der Waals surface area contributed by atoms with Gasteiger partial charge >= 0.3 is 0 Å². The molecule has 2 heterocycles. The summed E-state index contributed by atoms with van der Waals surface area (Å²) in [6.45, 7) is 3.21. The van der Waals surface area contributed by atoms with E-state index >= 15 is 0 Å². The van der Waals surface area contributed by atoms with Crippen LogP contribution in [0.1, 0.15) is 19.1 Å². The molecule has 1 aromatic heterocycles. The quantitative estimate of drug-likeness (QED) is 0.714. The topological polar surface area (TPSA) is 45.5 Å². The highest BCUT2D eigenvalue weighted by atomic mass is 19.1. The molecular weight excluding hydrogens is 343 g/mol. The van der Waals surface area contributed by atoms with Crippen molar-refractivity contribution in [2.45, 2.75) is 25.4 Å². The van der Waals surface area contributed by atoms with E-state index in [1.807, 2.05) is 49.4 Å². The summed E-state index contributed by atoms with van der Waals surface area (Å²) in [4.78, 5) is 14.8. The van der Waals surface area contributed by atoms with Crippen LogP contribution in [0, 0.1) is 5.82 Å². The van der Waals surface area contributed by atoms with Crippen molar-refractivity contribution in [2.24, 2.45) is 0 Å². The number of anilines is 1. The minimum Gasteiger partial charge on any atom is -0.460 e. The van der Waals surface area contributed by atoms with E-state index < -0.39 is 11.4 Å². The third-order valence-electron chi connectivity index (χ3n) is 5.24. The fraction of sp³-hybridized carbons (Fsp3) is 0.227. The van der Waals surface area contributed by atoms with Gasteiger partial charge in [0.25, 0.3) is 0 Å². The Morgan fingerprint density at radius 1 is 1.11 bits per heavy atom. The highest BCUT2D eigenvalue weighted by molar-refractivity contribution is 5.98. The fourth-order valence-corrected chi connectivity index (χ4v) is 3.34. The molecule has 1 amide bonds. The number of benzene rings is 2. The van der Waals surface area contributed by atoms with Crippen LogP contribution in [0.2, 0.25) is 0 Å². The molecule has 1 aliphatic heterocycles. The van der Waals surface area contributed by atoms with Crippen molar-refractivity contribution in [3.63, 3.8) is 0 Å². The highest BCUT2D eigenvalue weighted by Gasteiger charge is 2.47. The SMILES string of the molecule is CC1(C(=O)Nc2ccccc2F)CCN1Cc1ccc(-c2ccccc2)o1. The van der Waals surface area contributed by atoms with Gasteiger partial charge in [0.05, 0.1) is 17.8 Å². The van der Waals surface area contributed by atoms with E-state index in [4.69, 9.17) is 4.42 Å². The van der Waals surface area contributed by atoms with E-state index in [9.17, 15) is 9.18 Å². The first-order chi connectivity index (χ1) is 13.1. The van der Waals surface area contributed by atoms with Crippen molar-refractivity contribution in [2.75, 3.05) is 11.9 Å². The molecule has 5 heteroatoms. The Labute approximate surface area is 157 Å². The zero-order chi connectivity index (χ0) is 18.9. The van der Waals surface area contributed by atoms with Gasteiger partial charge < -0.3 is 9.73 Å². The summed E-state index contributed by atoms with van der Waals surface area (Å²) in [5.41, 5.74) is 0.550. The average molecular weight is 364 g/mol. The average Bonchev–Trinajstić information content (AvgIpc) is 3.16. The lowest BCUT2D eigenvalue weighted by Crippen LogP contribution is -2.63. The molecule has 27 heavy (non-hydrogen) atoms. The Bertz CT molecular complexity index is 954. The van der Waals surface area contributed by atoms with Crippen LogP contribution in [0.15, 0.2) is 71.1 Å². The highest BCUT2D eigenvalue weighted by Crippen LogP contribution is 2.34. The molecule has 0 bridgehead atoms. The fourth-order valence-electron chi connectivity index (χ4n) is 3.34. The van der Waals surface area contributed by atoms with Crippen molar-refractivity contribution in [1.29, 1.82) is 0 Å². The first-order valence-corrected chi connectivity index (χ1v) is 9.01. The third-order valence-corrected chi connectivity index (χ3v) is 5.24. The van der Waals surface area contributed by atoms with E-state index in [2.05, 4.69) is 10.2 Å². The summed E-state index contributed by atoms with van der Waals surface area (Å²) >= 11 is 0. The van der Waals surface area contributed by atoms with Gasteiger partial charge in [0, 0.05) is 12.1 Å². The van der Waals surface area contributed by atoms with Crippen LogP contribution >= 0.6 is 0 Å². The molecule has 3 aromatic rings. The number of nitrogens with one attached hydrogen (secondary N) is 1. The number of hydrogen-bond donors (Lipinski definition) is 1. The lowest BCUT2D eigenvalue weighted by atomic mass is 9.85. The lowest BCUT2D eigenvalue weighted by Gasteiger charge is -2.48. The number of likely N-dealkylation sites (tertiary alicyclic amines) is 1. The van der Waals surface area contributed by atoms with Crippen LogP contribution in [-0.2, 0) is 11.3 Å². The third kappa shape index (κ3) is 3.38. The van der Waals surface area contributed by atoms with Gasteiger partial charge in [-0.25, -0.2) is 4.39 Å². The van der Waals surface area contributed by atoms with E-state index in [1.54, 1.807) is 18.2 Å². The second-order valence-electron chi connectivity index (χ2n) is 7.01. The molecule has 138 valence electrons. The van der Waals surface area contributed by atoms with Gasteiger partial charge in [0.15, 0.2) is 0 Å². The van der Waals surface area contributed by atoms with Crippen molar-refractivity contribution in [1.82, 2.24) is 4.90 Å². The standard InChI is InChI=1S/C22H21FN2O2/c1-22(21(26)24-19-10-6-5-9-18(19)23)13-14-25(22)15-17-11-12-20(27-17)16-7-3-2-4-8-16/h2-12H,13-15H2,1H3,(H,24,26). The molecule has 4 nitrogen and oxygen atoms in total. The minimum atomic E-state index is -0.679. The summed E-state index contributed by atoms with van der Waals surface area (Å²) in [5.74, 6) is 0.981. The maximum absolute atomic E-state index is 13.8. The Kier molecular flexibility index (Phi) is 4.54. The molecule has 1 unspecified atom stereocenters. The van der Waals surface area contributed by atoms with Crippen LogP contribution in [-0.4, -0.2) is 22.9 Å². The van der Waals surface area contributed by atoms with Crippen molar-refractivity contribution >= 4 is 11.6 Å². The summed E-state index contributed by atoms with van der Waals surface area (Å²) in [7, 11) is 0. The van der Waals surface area contributed by atoms with Gasteiger partial charge in [-0.15, -0.1) is 0 Å². The van der Waals surface area contributed by atoms with Crippen molar-refractivity contribution in [3.8, 4) is 11.3 Å². The molecule has 4 rings (SSSR count). The molecule has 1 fully saturated rings. The second-order valence-corrected chi connectivity index (χ2v) is 7.01. The van der Waals surface area contributed by atoms with Crippen molar-refractivity contribution < 1.29 is 13.6 Å². The first-order valence-electron chi connectivity index (χ1n) is 9.01. The zero-order valence-corrected chi connectivity index (χ0v) is 15.1. The van der Waals surface area contributed by atoms with Crippen LogP contribution in [0.5, 0.6) is 0 Å². The number of amides is 1. The number of carbonyl (C=O) groups excluding carboxylic acids is 1. The molecule has 1 saturated heterocycles. The number of furan rings is 1. The van der Waals surface area contributed by atoms with E-state index in [0.29, 0.717) is 6.54 Å². The number of nitrogens with zero attached hydrogens (tertiary/aromatic N) is 1. The van der Waals surface area contributed by atoms with Gasteiger partial charge in [0.2, 0.25) is 5.91 Å². The first kappa shape index (κ1) is 17.5. The minimum absolute atomic E-state index is 0.200. The Morgan fingerprint density at radius 3 is 2.56 bits per heavy atom. The smallest absolute Gasteiger partial charge is 0.244 e. The number of para-hydroxylation sites is 1. The Hall–Kier alpha value is -2.92. The molecule has 0 aliphatic carbocycles.